The summed E-state index contributed by atoms with van der Waals surface area (Å²) in [6, 6.07) is 10.1. The first kappa shape index (κ1) is 35.8. The second-order valence-corrected chi connectivity index (χ2v) is 13.2. The van der Waals surface area contributed by atoms with E-state index in [1.165, 1.54) is 53.7 Å². The van der Waals surface area contributed by atoms with Crippen molar-refractivity contribution in [2.45, 2.75) is 51.6 Å². The number of aromatic nitrogens is 3. The van der Waals surface area contributed by atoms with Gasteiger partial charge in [-0.15, -0.1) is 0 Å². The van der Waals surface area contributed by atoms with E-state index in [1.54, 1.807) is 20.8 Å². The number of likely N-dealkylation sites (tertiary alicyclic amines) is 1. The van der Waals surface area contributed by atoms with E-state index in [1.807, 2.05) is 0 Å². The van der Waals surface area contributed by atoms with Crippen molar-refractivity contribution in [2.75, 3.05) is 22.7 Å². The lowest BCUT2D eigenvalue weighted by Gasteiger charge is -2.36. The third kappa shape index (κ3) is 8.74. The normalized spacial score (nSPS) is 17.0. The standard InChI is InChI=1S/C32H31ClF4N6O5S/c1-32(2,3)48-31(44)42-16-19(34)13-20(17-42)40-30-39-12-10-24(41-30)21-8-6-11-38-29(21)47-28-22(33)14-25(26(36)27(28)37)43(49(45)46)15-18-7-4-5-9-23(18)35/h4-12,14,19-20H,13,15-17H2,1-3H3,(H,45,46)(H,39,40,41)/p-1/t19-,20-/m0/s1. The fourth-order valence-electron chi connectivity index (χ4n) is 4.98. The summed E-state index contributed by atoms with van der Waals surface area (Å²) < 4.78 is 95.2. The number of hydrogen-bond donors (Lipinski definition) is 1. The summed E-state index contributed by atoms with van der Waals surface area (Å²) in [7, 11) is 0. The van der Waals surface area contributed by atoms with Crippen molar-refractivity contribution in [1.82, 2.24) is 19.9 Å². The van der Waals surface area contributed by atoms with Crippen LogP contribution >= 0.6 is 11.6 Å². The van der Waals surface area contributed by atoms with Crippen LogP contribution in [-0.2, 0) is 22.5 Å². The summed E-state index contributed by atoms with van der Waals surface area (Å²) in [6.07, 6.45) is 0.819. The van der Waals surface area contributed by atoms with Crippen molar-refractivity contribution in [3.63, 3.8) is 0 Å². The molecule has 1 aliphatic heterocycles. The van der Waals surface area contributed by atoms with Crippen molar-refractivity contribution in [1.29, 1.82) is 0 Å². The number of halogens is 5. The van der Waals surface area contributed by atoms with Crippen LogP contribution in [0.15, 0.2) is 60.9 Å². The Kier molecular flexibility index (Phi) is 10.9. The average molecular weight is 722 g/mol. The Morgan fingerprint density at radius 1 is 1.10 bits per heavy atom. The predicted octanol–water partition coefficient (Wildman–Crippen LogP) is 6.96. The molecule has 0 aliphatic carbocycles. The number of pyridine rings is 1. The van der Waals surface area contributed by atoms with Crippen molar-refractivity contribution in [2.24, 2.45) is 0 Å². The van der Waals surface area contributed by atoms with E-state index in [0.29, 0.717) is 4.31 Å². The van der Waals surface area contributed by atoms with Crippen LogP contribution in [0.2, 0.25) is 5.02 Å². The second kappa shape index (κ2) is 14.9. The lowest BCUT2D eigenvalue weighted by atomic mass is 10.0. The number of carbonyl (C=O) groups is 1. The molecular weight excluding hydrogens is 692 g/mol. The number of anilines is 2. The van der Waals surface area contributed by atoms with Gasteiger partial charge in [0.25, 0.3) is 0 Å². The molecule has 49 heavy (non-hydrogen) atoms. The summed E-state index contributed by atoms with van der Waals surface area (Å²) in [5.74, 6) is -4.95. The smallest absolute Gasteiger partial charge is 0.410 e. The summed E-state index contributed by atoms with van der Waals surface area (Å²) >= 11 is 3.14. The molecule has 5 rings (SSSR count). The molecule has 11 nitrogen and oxygen atoms in total. The minimum atomic E-state index is -3.15. The molecule has 2 aromatic heterocycles. The van der Waals surface area contributed by atoms with Crippen molar-refractivity contribution in [3.05, 3.63) is 89.0 Å². The molecule has 0 spiro atoms. The molecule has 1 N–H and O–H groups in total. The molecule has 17 heteroatoms. The maximum absolute atomic E-state index is 15.5. The number of carbonyl (C=O) groups excluding carboxylic acids is 1. The van der Waals surface area contributed by atoms with E-state index >= 15 is 8.78 Å². The summed E-state index contributed by atoms with van der Waals surface area (Å²) in [5.41, 5.74) is -1.19. The Bertz CT molecular complexity index is 1870. The van der Waals surface area contributed by atoms with Gasteiger partial charge in [0.1, 0.15) is 17.6 Å². The number of piperidine rings is 1. The minimum Gasteiger partial charge on any atom is -0.755 e. The molecule has 3 atom stereocenters. The first-order valence-electron chi connectivity index (χ1n) is 14.8. The fraction of sp³-hybridized carbons (Fsp3) is 0.312. The number of benzene rings is 2. The number of rotatable bonds is 9. The highest BCUT2D eigenvalue weighted by Crippen LogP contribution is 2.41. The lowest BCUT2D eigenvalue weighted by Crippen LogP contribution is -2.51. The van der Waals surface area contributed by atoms with Crippen LogP contribution in [0.25, 0.3) is 11.3 Å². The maximum atomic E-state index is 15.5. The molecule has 1 amide bonds. The molecule has 4 aromatic rings. The molecule has 1 saturated heterocycles. The van der Waals surface area contributed by atoms with E-state index in [4.69, 9.17) is 21.1 Å². The van der Waals surface area contributed by atoms with Crippen LogP contribution in [-0.4, -0.2) is 65.6 Å². The van der Waals surface area contributed by atoms with Crippen molar-refractivity contribution >= 4 is 40.6 Å². The Hall–Kier alpha value is -4.54. The van der Waals surface area contributed by atoms with Gasteiger partial charge in [-0.3, -0.25) is 8.51 Å². The summed E-state index contributed by atoms with van der Waals surface area (Å²) in [6.45, 7) is 4.50. The number of amides is 1. The highest BCUT2D eigenvalue weighted by molar-refractivity contribution is 7.80. The first-order chi connectivity index (χ1) is 23.2. The van der Waals surface area contributed by atoms with Crippen LogP contribution in [0.3, 0.4) is 0 Å². The summed E-state index contributed by atoms with van der Waals surface area (Å²) in [4.78, 5) is 26.6. The quantitative estimate of drug-likeness (QED) is 0.111. The highest BCUT2D eigenvalue weighted by atomic mass is 35.5. The van der Waals surface area contributed by atoms with Gasteiger partial charge in [-0.25, -0.2) is 32.9 Å². The zero-order valence-electron chi connectivity index (χ0n) is 26.3. The van der Waals surface area contributed by atoms with Crippen LogP contribution in [0.5, 0.6) is 11.6 Å². The van der Waals surface area contributed by atoms with E-state index < -0.39 is 75.6 Å². The first-order valence-corrected chi connectivity index (χ1v) is 16.2. The van der Waals surface area contributed by atoms with E-state index in [-0.39, 0.29) is 48.2 Å². The topological polar surface area (TPSA) is 133 Å². The van der Waals surface area contributed by atoms with Crippen LogP contribution in [0, 0.1) is 17.5 Å². The highest BCUT2D eigenvalue weighted by Gasteiger charge is 2.33. The van der Waals surface area contributed by atoms with Gasteiger partial charge in [0.15, 0.2) is 11.6 Å². The van der Waals surface area contributed by atoms with Gasteiger partial charge >= 0.3 is 6.09 Å². The van der Waals surface area contributed by atoms with Crippen LogP contribution in [0.4, 0.5) is 34.0 Å². The number of nitrogens with zero attached hydrogens (tertiary/aromatic N) is 5. The number of nitrogens with one attached hydrogen (secondary N) is 1. The van der Waals surface area contributed by atoms with Gasteiger partial charge in [0.05, 0.1) is 35.1 Å². The molecule has 260 valence electrons. The second-order valence-electron chi connectivity index (χ2n) is 12.0. The van der Waals surface area contributed by atoms with Gasteiger partial charge < -0.3 is 24.2 Å². The zero-order valence-corrected chi connectivity index (χ0v) is 27.9. The maximum Gasteiger partial charge on any atom is 0.410 e. The Labute approximate surface area is 286 Å². The zero-order chi connectivity index (χ0) is 35.5. The molecule has 0 bridgehead atoms. The van der Waals surface area contributed by atoms with Gasteiger partial charge in [0, 0.05) is 48.2 Å². The predicted molar refractivity (Wildman–Crippen MR) is 173 cm³/mol. The minimum absolute atomic E-state index is 0.0745. The van der Waals surface area contributed by atoms with E-state index in [2.05, 4.69) is 20.3 Å². The van der Waals surface area contributed by atoms with Gasteiger partial charge in [-0.05, 0) is 51.1 Å². The number of alkyl halides is 1. The van der Waals surface area contributed by atoms with Crippen molar-refractivity contribution in [3.8, 4) is 22.9 Å². The molecule has 0 radical (unpaired) electrons. The van der Waals surface area contributed by atoms with Gasteiger partial charge in [0.2, 0.25) is 17.6 Å². The molecular formula is C32H30ClF4N6O5S-. The Morgan fingerprint density at radius 3 is 2.57 bits per heavy atom. The molecule has 2 aromatic carbocycles. The molecule has 0 saturated carbocycles. The van der Waals surface area contributed by atoms with Gasteiger partial charge in [-0.2, -0.15) is 4.39 Å². The lowest BCUT2D eigenvalue weighted by molar-refractivity contribution is 0.0124. The number of ether oxygens (including phenoxy) is 2. The monoisotopic (exact) mass is 721 g/mol. The largest absolute Gasteiger partial charge is 0.755 e. The molecule has 1 aliphatic rings. The third-order valence-corrected chi connectivity index (χ3v) is 8.07. The van der Waals surface area contributed by atoms with Gasteiger partial charge in [-0.1, -0.05) is 29.8 Å². The fourth-order valence-corrected chi connectivity index (χ4v) is 5.75. The SMILES string of the molecule is CC(C)(C)OC(=O)N1C[C@@H](F)C[C@H](Nc2nccc(-c3cccnc3Oc3c(Cl)cc(N(Cc4ccccc4F)S(=O)[O-])c(F)c3F)n2)C1. The Morgan fingerprint density at radius 2 is 1.86 bits per heavy atom. The third-order valence-electron chi connectivity index (χ3n) is 7.10. The number of hydrogen-bond acceptors (Lipinski definition) is 9. The van der Waals surface area contributed by atoms with E-state index in [0.717, 1.165) is 12.1 Å². The van der Waals surface area contributed by atoms with E-state index in [9.17, 15) is 22.3 Å². The average Bonchev–Trinajstić information content (AvgIpc) is 3.03. The molecule has 1 unspecified atom stereocenters. The molecule has 3 heterocycles. The molecule has 1 fully saturated rings. The van der Waals surface area contributed by atoms with Crippen LogP contribution < -0.4 is 14.4 Å². The Balaban J connectivity index is 1.38. The van der Waals surface area contributed by atoms with Crippen LogP contribution in [0.1, 0.15) is 32.8 Å². The summed E-state index contributed by atoms with van der Waals surface area (Å²) in [5, 5.41) is 2.52. The van der Waals surface area contributed by atoms with Crippen molar-refractivity contribution < 1.29 is 40.6 Å².